The molecule has 1 aliphatic heterocycles. The molecule has 0 spiro atoms. The minimum atomic E-state index is 0.163. The lowest BCUT2D eigenvalue weighted by Gasteiger charge is -2.14. The maximum absolute atomic E-state index is 5.59. The molecule has 2 aromatic rings. The Morgan fingerprint density at radius 1 is 1.38 bits per heavy atom. The molecule has 6 nitrogen and oxygen atoms in total. The fourth-order valence-electron chi connectivity index (χ4n) is 2.45. The van der Waals surface area contributed by atoms with Crippen LogP contribution in [0.3, 0.4) is 0 Å². The van der Waals surface area contributed by atoms with Crippen LogP contribution in [0.15, 0.2) is 30.3 Å². The summed E-state index contributed by atoms with van der Waals surface area (Å²) in [6, 6.07) is 10.1. The summed E-state index contributed by atoms with van der Waals surface area (Å²) in [5.41, 5.74) is 0.989. The third-order valence-electron chi connectivity index (χ3n) is 3.69. The number of rotatable bonds is 6. The molecule has 1 fully saturated rings. The van der Waals surface area contributed by atoms with E-state index in [0.29, 0.717) is 11.9 Å². The second-order valence-corrected chi connectivity index (χ2v) is 5.44. The number of aromatic nitrogens is 4. The van der Waals surface area contributed by atoms with Gasteiger partial charge in [-0.2, -0.15) is 4.80 Å². The highest BCUT2D eigenvalue weighted by Crippen LogP contribution is 2.13. The summed E-state index contributed by atoms with van der Waals surface area (Å²) in [6.07, 6.45) is 2.69. The molecular formula is C15H21N5O. The molecule has 0 radical (unpaired) electrons. The number of tetrazole rings is 1. The summed E-state index contributed by atoms with van der Waals surface area (Å²) >= 11 is 0. The van der Waals surface area contributed by atoms with E-state index < -0.39 is 0 Å². The normalized spacial score (nSPS) is 19.8. The minimum absolute atomic E-state index is 0.163. The van der Waals surface area contributed by atoms with Crippen molar-refractivity contribution in [3.8, 4) is 11.4 Å². The monoisotopic (exact) mass is 287 g/mol. The Hall–Kier alpha value is -1.79. The molecule has 2 unspecified atom stereocenters. The Morgan fingerprint density at radius 2 is 2.24 bits per heavy atom. The van der Waals surface area contributed by atoms with Crippen molar-refractivity contribution in [2.24, 2.45) is 0 Å². The maximum atomic E-state index is 5.59. The van der Waals surface area contributed by atoms with Crippen molar-refractivity contribution < 1.29 is 4.74 Å². The molecule has 6 heteroatoms. The van der Waals surface area contributed by atoms with E-state index >= 15 is 0 Å². The second-order valence-electron chi connectivity index (χ2n) is 5.44. The number of nitrogens with zero attached hydrogens (tertiary/aromatic N) is 4. The molecule has 0 aliphatic carbocycles. The fraction of sp³-hybridized carbons (Fsp3) is 0.533. The van der Waals surface area contributed by atoms with Crippen LogP contribution in [0.1, 0.15) is 25.8 Å². The third kappa shape index (κ3) is 3.65. The standard InChI is InChI=1S/C15H21N5O/c1-12(10-16-11-14-8-5-9-21-14)20-18-15(17-19-20)13-6-3-2-4-7-13/h2-4,6-7,12,14,16H,5,8-11H2,1H3. The smallest absolute Gasteiger partial charge is 0.204 e. The average molecular weight is 287 g/mol. The van der Waals surface area contributed by atoms with E-state index in [9.17, 15) is 0 Å². The van der Waals surface area contributed by atoms with Crippen LogP contribution in [0.4, 0.5) is 0 Å². The van der Waals surface area contributed by atoms with Crippen LogP contribution in [-0.2, 0) is 4.74 Å². The van der Waals surface area contributed by atoms with Crippen molar-refractivity contribution in [3.05, 3.63) is 30.3 Å². The molecule has 1 aromatic heterocycles. The molecule has 1 saturated heterocycles. The Morgan fingerprint density at radius 3 is 3.00 bits per heavy atom. The van der Waals surface area contributed by atoms with Gasteiger partial charge in [0.05, 0.1) is 12.1 Å². The highest BCUT2D eigenvalue weighted by Gasteiger charge is 2.16. The molecule has 3 rings (SSSR count). The van der Waals surface area contributed by atoms with Gasteiger partial charge >= 0.3 is 0 Å². The van der Waals surface area contributed by atoms with Gasteiger partial charge < -0.3 is 10.1 Å². The first-order valence-electron chi connectivity index (χ1n) is 7.50. The molecule has 2 heterocycles. The van der Waals surface area contributed by atoms with Crippen LogP contribution in [0.2, 0.25) is 0 Å². The molecule has 0 amide bonds. The van der Waals surface area contributed by atoms with Crippen molar-refractivity contribution >= 4 is 0 Å². The maximum Gasteiger partial charge on any atom is 0.204 e. The van der Waals surface area contributed by atoms with E-state index in [0.717, 1.165) is 31.7 Å². The zero-order chi connectivity index (χ0) is 14.5. The van der Waals surface area contributed by atoms with Crippen molar-refractivity contribution in [2.75, 3.05) is 19.7 Å². The van der Waals surface area contributed by atoms with E-state index in [1.54, 1.807) is 4.80 Å². The number of benzene rings is 1. The molecule has 0 saturated carbocycles. The molecule has 0 bridgehead atoms. The van der Waals surface area contributed by atoms with Crippen LogP contribution in [0, 0.1) is 0 Å². The molecule has 2 atom stereocenters. The third-order valence-corrected chi connectivity index (χ3v) is 3.69. The summed E-state index contributed by atoms with van der Waals surface area (Å²) < 4.78 is 5.59. The van der Waals surface area contributed by atoms with E-state index in [1.807, 2.05) is 30.3 Å². The summed E-state index contributed by atoms with van der Waals surface area (Å²) in [6.45, 7) is 4.68. The molecule has 21 heavy (non-hydrogen) atoms. The SMILES string of the molecule is CC(CNCC1CCCO1)n1nnc(-c2ccccc2)n1. The largest absolute Gasteiger partial charge is 0.377 e. The summed E-state index contributed by atoms with van der Waals surface area (Å²) in [5.74, 6) is 0.668. The zero-order valence-corrected chi connectivity index (χ0v) is 12.3. The predicted molar refractivity (Wildman–Crippen MR) is 79.8 cm³/mol. The Balaban J connectivity index is 1.53. The van der Waals surface area contributed by atoms with E-state index in [2.05, 4.69) is 27.7 Å². The Labute approximate surface area is 124 Å². The van der Waals surface area contributed by atoms with Gasteiger partial charge in [-0.15, -0.1) is 10.2 Å². The van der Waals surface area contributed by atoms with Gasteiger partial charge in [-0.3, -0.25) is 0 Å². The second kappa shape index (κ2) is 6.78. The first kappa shape index (κ1) is 14.2. The Bertz CT molecular complexity index is 550. The summed E-state index contributed by atoms with van der Waals surface area (Å²) in [4.78, 5) is 1.67. The topological polar surface area (TPSA) is 64.9 Å². The number of hydrogen-bond donors (Lipinski definition) is 1. The lowest BCUT2D eigenvalue weighted by Crippen LogP contribution is -2.31. The number of hydrogen-bond acceptors (Lipinski definition) is 5. The van der Waals surface area contributed by atoms with Gasteiger partial charge in [0.2, 0.25) is 5.82 Å². The van der Waals surface area contributed by atoms with Crippen LogP contribution in [0.5, 0.6) is 0 Å². The first-order valence-corrected chi connectivity index (χ1v) is 7.50. The quantitative estimate of drug-likeness (QED) is 0.875. The zero-order valence-electron chi connectivity index (χ0n) is 12.3. The number of ether oxygens (including phenoxy) is 1. The van der Waals surface area contributed by atoms with Crippen molar-refractivity contribution in [2.45, 2.75) is 31.9 Å². The fourth-order valence-corrected chi connectivity index (χ4v) is 2.45. The summed E-state index contributed by atoms with van der Waals surface area (Å²) in [5, 5.41) is 16.1. The van der Waals surface area contributed by atoms with Crippen LogP contribution >= 0.6 is 0 Å². The highest BCUT2D eigenvalue weighted by atomic mass is 16.5. The molecule has 112 valence electrons. The van der Waals surface area contributed by atoms with Gasteiger partial charge in [-0.05, 0) is 25.0 Å². The average Bonchev–Trinajstić information content (AvgIpc) is 3.20. The van der Waals surface area contributed by atoms with Gasteiger partial charge in [0.15, 0.2) is 0 Å². The highest BCUT2D eigenvalue weighted by molar-refractivity contribution is 5.52. The van der Waals surface area contributed by atoms with Gasteiger partial charge in [-0.1, -0.05) is 30.3 Å². The van der Waals surface area contributed by atoms with Gasteiger partial charge in [0.25, 0.3) is 0 Å². The molecule has 1 aromatic carbocycles. The van der Waals surface area contributed by atoms with Gasteiger partial charge in [0.1, 0.15) is 0 Å². The van der Waals surface area contributed by atoms with Gasteiger partial charge in [0, 0.05) is 25.3 Å². The number of nitrogens with one attached hydrogen (secondary N) is 1. The lowest BCUT2D eigenvalue weighted by molar-refractivity contribution is 0.109. The first-order chi connectivity index (χ1) is 10.3. The summed E-state index contributed by atoms with van der Waals surface area (Å²) in [7, 11) is 0. The van der Waals surface area contributed by atoms with Crippen LogP contribution in [0.25, 0.3) is 11.4 Å². The van der Waals surface area contributed by atoms with Gasteiger partial charge in [-0.25, -0.2) is 0 Å². The van der Waals surface area contributed by atoms with E-state index in [-0.39, 0.29) is 6.04 Å². The molecule has 1 aliphatic rings. The van der Waals surface area contributed by atoms with Crippen LogP contribution in [-0.4, -0.2) is 46.0 Å². The van der Waals surface area contributed by atoms with Crippen LogP contribution < -0.4 is 5.32 Å². The van der Waals surface area contributed by atoms with Crippen molar-refractivity contribution in [3.63, 3.8) is 0 Å². The Kier molecular flexibility index (Phi) is 4.57. The predicted octanol–water partition coefficient (Wildman–Crippen LogP) is 1.67. The van der Waals surface area contributed by atoms with Crippen molar-refractivity contribution in [1.82, 2.24) is 25.5 Å². The van der Waals surface area contributed by atoms with E-state index in [4.69, 9.17) is 4.74 Å². The lowest BCUT2D eigenvalue weighted by atomic mass is 10.2. The molecular weight excluding hydrogens is 266 g/mol. The van der Waals surface area contributed by atoms with Crippen molar-refractivity contribution in [1.29, 1.82) is 0 Å². The molecule has 1 N–H and O–H groups in total. The minimum Gasteiger partial charge on any atom is -0.377 e. The van der Waals surface area contributed by atoms with E-state index in [1.165, 1.54) is 6.42 Å².